The van der Waals surface area contributed by atoms with Gasteiger partial charge in [-0.3, -0.25) is 10.1 Å². The van der Waals surface area contributed by atoms with Gasteiger partial charge >= 0.3 is 5.97 Å². The summed E-state index contributed by atoms with van der Waals surface area (Å²) in [5.74, 6) is -0.973. The zero-order chi connectivity index (χ0) is 12.3. The van der Waals surface area contributed by atoms with E-state index in [-0.39, 0.29) is 16.8 Å². The van der Waals surface area contributed by atoms with E-state index in [2.05, 4.69) is 6.58 Å². The Balaban J connectivity index is 3.36. The lowest BCUT2D eigenvalue weighted by Crippen LogP contribution is -2.02. The minimum Gasteiger partial charge on any atom is -0.497 e. The largest absolute Gasteiger partial charge is 0.497 e. The fourth-order valence-electron chi connectivity index (χ4n) is 1.16. The van der Waals surface area contributed by atoms with E-state index >= 15 is 0 Å². The van der Waals surface area contributed by atoms with Crippen molar-refractivity contribution < 1.29 is 19.6 Å². The average Bonchev–Trinajstić information content (AvgIpc) is 2.26. The highest BCUT2D eigenvalue weighted by Crippen LogP contribution is 2.29. The van der Waals surface area contributed by atoms with Crippen molar-refractivity contribution in [2.24, 2.45) is 0 Å². The lowest BCUT2D eigenvalue weighted by Gasteiger charge is -2.05. The third kappa shape index (κ3) is 2.17. The molecule has 0 unspecified atom stereocenters. The third-order valence-corrected chi connectivity index (χ3v) is 1.98. The lowest BCUT2D eigenvalue weighted by molar-refractivity contribution is -0.385. The number of ether oxygens (including phenoxy) is 1. The van der Waals surface area contributed by atoms with E-state index in [1.807, 2.05) is 0 Å². The van der Waals surface area contributed by atoms with E-state index in [4.69, 9.17) is 9.84 Å². The zero-order valence-electron chi connectivity index (χ0n) is 8.47. The maximum Gasteiger partial charge on any atom is 0.335 e. The third-order valence-electron chi connectivity index (χ3n) is 1.98. The van der Waals surface area contributed by atoms with Crippen LogP contribution in [0.1, 0.15) is 5.56 Å². The second-order valence-corrected chi connectivity index (χ2v) is 2.92. The molecule has 0 atom stereocenters. The first-order valence-corrected chi connectivity index (χ1v) is 4.22. The zero-order valence-corrected chi connectivity index (χ0v) is 8.47. The first-order chi connectivity index (χ1) is 7.47. The molecule has 0 aliphatic carbocycles. The normalized spacial score (nSPS) is 9.56. The number of carboxylic acids is 1. The Labute approximate surface area is 90.9 Å². The van der Waals surface area contributed by atoms with E-state index in [0.29, 0.717) is 5.75 Å². The van der Waals surface area contributed by atoms with Gasteiger partial charge in [-0.1, -0.05) is 6.58 Å². The van der Waals surface area contributed by atoms with Crippen molar-refractivity contribution in [1.29, 1.82) is 0 Å². The molecule has 6 heteroatoms. The van der Waals surface area contributed by atoms with E-state index in [9.17, 15) is 14.9 Å². The first kappa shape index (κ1) is 11.7. The lowest BCUT2D eigenvalue weighted by atomic mass is 10.1. The summed E-state index contributed by atoms with van der Waals surface area (Å²) >= 11 is 0. The van der Waals surface area contributed by atoms with Gasteiger partial charge in [0.15, 0.2) is 0 Å². The number of carboxylic acid groups (broad SMARTS) is 1. The maximum absolute atomic E-state index is 10.7. The van der Waals surface area contributed by atoms with Crippen LogP contribution >= 0.6 is 0 Å². The highest BCUT2D eigenvalue weighted by Gasteiger charge is 2.20. The monoisotopic (exact) mass is 223 g/mol. The number of carbonyl (C=O) groups is 1. The number of nitro benzene ring substituents is 1. The SMILES string of the molecule is C=C(C(=O)O)c1cc(OC)ccc1[N+](=O)[O-]. The summed E-state index contributed by atoms with van der Waals surface area (Å²) in [4.78, 5) is 20.7. The van der Waals surface area contributed by atoms with Crippen LogP contribution in [0, 0.1) is 10.1 Å². The molecule has 16 heavy (non-hydrogen) atoms. The van der Waals surface area contributed by atoms with Crippen LogP contribution in [-0.4, -0.2) is 23.1 Å². The van der Waals surface area contributed by atoms with E-state index < -0.39 is 10.9 Å². The number of hydrogen-bond acceptors (Lipinski definition) is 4. The molecule has 0 aliphatic rings. The molecule has 1 aromatic carbocycles. The molecule has 0 spiro atoms. The van der Waals surface area contributed by atoms with Crippen LogP contribution in [0.15, 0.2) is 24.8 Å². The standard InChI is InChI=1S/C10H9NO5/c1-6(10(12)13)8-5-7(16-2)3-4-9(8)11(14)15/h3-5H,1H2,2H3,(H,12,13). The van der Waals surface area contributed by atoms with E-state index in [1.54, 1.807) is 0 Å². The number of methoxy groups -OCH3 is 1. The van der Waals surface area contributed by atoms with E-state index in [1.165, 1.54) is 25.3 Å². The van der Waals surface area contributed by atoms with Crippen LogP contribution in [-0.2, 0) is 4.79 Å². The topological polar surface area (TPSA) is 89.7 Å². The van der Waals surface area contributed by atoms with Gasteiger partial charge in [0.25, 0.3) is 5.69 Å². The van der Waals surface area contributed by atoms with Crippen LogP contribution in [0.2, 0.25) is 0 Å². The molecule has 1 N–H and O–H groups in total. The Bertz CT molecular complexity index is 466. The van der Waals surface area contributed by atoms with Gasteiger partial charge in [-0.2, -0.15) is 0 Å². The smallest absolute Gasteiger partial charge is 0.335 e. The van der Waals surface area contributed by atoms with Crippen LogP contribution in [0.25, 0.3) is 5.57 Å². The molecule has 0 saturated heterocycles. The van der Waals surface area contributed by atoms with Crippen molar-refractivity contribution in [3.8, 4) is 5.75 Å². The summed E-state index contributed by atoms with van der Waals surface area (Å²) in [6, 6.07) is 3.84. The van der Waals surface area contributed by atoms with Crippen molar-refractivity contribution in [3.05, 3.63) is 40.5 Å². The number of aliphatic carboxylic acids is 1. The summed E-state index contributed by atoms with van der Waals surface area (Å²) in [5.41, 5.74) is -0.712. The van der Waals surface area contributed by atoms with Gasteiger partial charge in [0.2, 0.25) is 0 Å². The van der Waals surface area contributed by atoms with Crippen molar-refractivity contribution in [1.82, 2.24) is 0 Å². The molecule has 84 valence electrons. The number of benzene rings is 1. The molecule has 0 bridgehead atoms. The number of nitrogens with zero attached hydrogens (tertiary/aromatic N) is 1. The van der Waals surface area contributed by atoms with Gasteiger partial charge in [-0.25, -0.2) is 4.79 Å². The van der Waals surface area contributed by atoms with Gasteiger partial charge in [0.05, 0.1) is 23.2 Å². The highest BCUT2D eigenvalue weighted by molar-refractivity contribution is 6.15. The summed E-state index contributed by atoms with van der Waals surface area (Å²) in [6.45, 7) is 3.28. The van der Waals surface area contributed by atoms with Gasteiger partial charge in [0.1, 0.15) is 5.75 Å². The molecule has 6 nitrogen and oxygen atoms in total. The average molecular weight is 223 g/mol. The van der Waals surface area contributed by atoms with Crippen LogP contribution in [0.5, 0.6) is 5.75 Å². The van der Waals surface area contributed by atoms with Gasteiger partial charge in [-0.05, 0) is 12.1 Å². The molecule has 1 rings (SSSR count). The Kier molecular flexibility index (Phi) is 3.24. The van der Waals surface area contributed by atoms with Crippen molar-refractivity contribution >= 4 is 17.2 Å². The van der Waals surface area contributed by atoms with Gasteiger partial charge < -0.3 is 9.84 Å². The maximum atomic E-state index is 10.7. The van der Waals surface area contributed by atoms with Crippen LogP contribution in [0.4, 0.5) is 5.69 Å². The number of hydrogen-bond donors (Lipinski definition) is 1. The Morgan fingerprint density at radius 1 is 1.56 bits per heavy atom. The van der Waals surface area contributed by atoms with Crippen molar-refractivity contribution in [2.45, 2.75) is 0 Å². The summed E-state index contributed by atoms with van der Waals surface area (Å²) in [5, 5.41) is 19.4. The summed E-state index contributed by atoms with van der Waals surface area (Å²) in [6.07, 6.45) is 0. The van der Waals surface area contributed by atoms with Crippen molar-refractivity contribution in [3.63, 3.8) is 0 Å². The fourth-order valence-corrected chi connectivity index (χ4v) is 1.16. The molecular weight excluding hydrogens is 214 g/mol. The number of nitro groups is 1. The Hall–Kier alpha value is -2.37. The predicted octanol–water partition coefficient (Wildman–Crippen LogP) is 1.70. The van der Waals surface area contributed by atoms with Crippen LogP contribution in [0.3, 0.4) is 0 Å². The fraction of sp³-hybridized carbons (Fsp3) is 0.100. The number of rotatable bonds is 4. The first-order valence-electron chi connectivity index (χ1n) is 4.22. The molecule has 0 fully saturated rings. The van der Waals surface area contributed by atoms with Gasteiger partial charge in [-0.15, -0.1) is 0 Å². The van der Waals surface area contributed by atoms with Crippen molar-refractivity contribution in [2.75, 3.05) is 7.11 Å². The summed E-state index contributed by atoms with van der Waals surface area (Å²) < 4.78 is 4.86. The minimum absolute atomic E-state index is 0.0585. The molecule has 1 aromatic rings. The molecule has 0 amide bonds. The summed E-state index contributed by atoms with van der Waals surface area (Å²) in [7, 11) is 1.38. The molecule has 0 saturated carbocycles. The highest BCUT2D eigenvalue weighted by atomic mass is 16.6. The Morgan fingerprint density at radius 3 is 2.62 bits per heavy atom. The van der Waals surface area contributed by atoms with E-state index in [0.717, 1.165) is 0 Å². The minimum atomic E-state index is -1.31. The van der Waals surface area contributed by atoms with Gasteiger partial charge in [0, 0.05) is 6.07 Å². The molecular formula is C10H9NO5. The molecule has 0 heterocycles. The van der Waals surface area contributed by atoms with Crippen LogP contribution < -0.4 is 4.74 Å². The molecule has 0 aromatic heterocycles. The molecule has 0 radical (unpaired) electrons. The quantitative estimate of drug-likeness (QED) is 0.476. The predicted molar refractivity (Wildman–Crippen MR) is 56.3 cm³/mol. The second-order valence-electron chi connectivity index (χ2n) is 2.92. The molecule has 0 aliphatic heterocycles. The second kappa shape index (κ2) is 4.43. The Morgan fingerprint density at radius 2 is 2.19 bits per heavy atom.